The Hall–Kier alpha value is -2.34. The summed E-state index contributed by atoms with van der Waals surface area (Å²) in [6, 6.07) is 6.05. The summed E-state index contributed by atoms with van der Waals surface area (Å²) < 4.78 is 0. The van der Waals surface area contributed by atoms with Crippen LogP contribution in [0.2, 0.25) is 0 Å². The van der Waals surface area contributed by atoms with Gasteiger partial charge >= 0.3 is 5.97 Å². The first-order chi connectivity index (χ1) is 10.6. The smallest absolute Gasteiger partial charge is 0.352 e. The van der Waals surface area contributed by atoms with E-state index in [1.165, 1.54) is 0 Å². The van der Waals surface area contributed by atoms with Crippen molar-refractivity contribution in [1.82, 2.24) is 10.3 Å². The van der Waals surface area contributed by atoms with E-state index in [4.69, 9.17) is 5.73 Å². The zero-order valence-electron chi connectivity index (χ0n) is 12.2. The van der Waals surface area contributed by atoms with E-state index in [0.29, 0.717) is 19.4 Å². The van der Waals surface area contributed by atoms with Crippen molar-refractivity contribution < 1.29 is 14.7 Å². The molecule has 0 bridgehead atoms. The standard InChI is InChI=1S/C16H19N3O3/c17-6-5-11-12-8-9(7-10-2-4-14(20)18-10)1-3-13(12)19-15(11)16(21)22/h1,3,8,10,19H,2,4-7,17H2,(H,18,20)(H,21,22). The number of amides is 1. The first kappa shape index (κ1) is 14.6. The molecule has 2 aromatic rings. The summed E-state index contributed by atoms with van der Waals surface area (Å²) in [5.74, 6) is -0.867. The van der Waals surface area contributed by atoms with Crippen molar-refractivity contribution >= 4 is 22.8 Å². The molecule has 1 amide bonds. The Balaban J connectivity index is 1.95. The van der Waals surface area contributed by atoms with Crippen LogP contribution in [0.1, 0.15) is 34.5 Å². The second-order valence-corrected chi connectivity index (χ2v) is 5.71. The molecule has 0 saturated carbocycles. The molecule has 0 aliphatic carbocycles. The van der Waals surface area contributed by atoms with E-state index >= 15 is 0 Å². The van der Waals surface area contributed by atoms with Crippen molar-refractivity contribution in [1.29, 1.82) is 0 Å². The average molecular weight is 301 g/mol. The number of nitrogens with two attached hydrogens (primary N) is 1. The summed E-state index contributed by atoms with van der Waals surface area (Å²) in [5.41, 5.74) is 8.47. The molecule has 1 aromatic heterocycles. The summed E-state index contributed by atoms with van der Waals surface area (Å²) in [6.07, 6.45) is 2.71. The lowest BCUT2D eigenvalue weighted by Gasteiger charge is -2.10. The van der Waals surface area contributed by atoms with Crippen LogP contribution in [0.5, 0.6) is 0 Å². The Morgan fingerprint density at radius 1 is 1.41 bits per heavy atom. The number of carbonyl (C=O) groups excluding carboxylic acids is 1. The molecular weight excluding hydrogens is 282 g/mol. The molecule has 116 valence electrons. The summed E-state index contributed by atoms with van der Waals surface area (Å²) in [7, 11) is 0. The number of fused-ring (bicyclic) bond motifs is 1. The Kier molecular flexibility index (Phi) is 3.85. The van der Waals surface area contributed by atoms with Crippen molar-refractivity contribution in [3.8, 4) is 0 Å². The van der Waals surface area contributed by atoms with Gasteiger partial charge in [-0.15, -0.1) is 0 Å². The number of carbonyl (C=O) groups is 2. The minimum atomic E-state index is -0.968. The fraction of sp³-hybridized carbons (Fsp3) is 0.375. The number of hydrogen-bond donors (Lipinski definition) is 4. The molecule has 3 rings (SSSR count). The molecule has 22 heavy (non-hydrogen) atoms. The molecule has 0 spiro atoms. The van der Waals surface area contributed by atoms with Crippen LogP contribution in [0, 0.1) is 0 Å². The van der Waals surface area contributed by atoms with E-state index in [1.807, 2.05) is 18.2 Å². The molecular formula is C16H19N3O3. The normalized spacial score (nSPS) is 17.9. The molecule has 6 nitrogen and oxygen atoms in total. The van der Waals surface area contributed by atoms with Crippen LogP contribution < -0.4 is 11.1 Å². The Bertz CT molecular complexity index is 736. The van der Waals surface area contributed by atoms with Gasteiger partial charge in [-0.25, -0.2) is 4.79 Å². The minimum absolute atomic E-state index is 0.102. The zero-order chi connectivity index (χ0) is 15.7. The molecule has 1 aliphatic heterocycles. The maximum absolute atomic E-state index is 11.3. The van der Waals surface area contributed by atoms with Crippen LogP contribution in [0.25, 0.3) is 10.9 Å². The second kappa shape index (κ2) is 5.81. The number of carboxylic acids is 1. The van der Waals surface area contributed by atoms with E-state index in [-0.39, 0.29) is 17.6 Å². The number of carboxylic acid groups (broad SMARTS) is 1. The topological polar surface area (TPSA) is 108 Å². The van der Waals surface area contributed by atoms with E-state index in [1.54, 1.807) is 0 Å². The number of hydrogen-bond acceptors (Lipinski definition) is 3. The Labute approximate surface area is 127 Å². The highest BCUT2D eigenvalue weighted by Crippen LogP contribution is 2.25. The number of benzene rings is 1. The molecule has 1 aromatic carbocycles. The monoisotopic (exact) mass is 301 g/mol. The van der Waals surface area contributed by atoms with Crippen LogP contribution in [-0.4, -0.2) is 34.6 Å². The molecule has 2 heterocycles. The van der Waals surface area contributed by atoms with Crippen molar-refractivity contribution in [2.24, 2.45) is 5.73 Å². The lowest BCUT2D eigenvalue weighted by Crippen LogP contribution is -2.27. The predicted molar refractivity (Wildman–Crippen MR) is 82.9 cm³/mol. The van der Waals surface area contributed by atoms with Crippen LogP contribution in [0.3, 0.4) is 0 Å². The summed E-state index contributed by atoms with van der Waals surface area (Å²) in [5, 5.41) is 13.2. The number of rotatable bonds is 5. The van der Waals surface area contributed by atoms with Gasteiger partial charge < -0.3 is 21.1 Å². The van der Waals surface area contributed by atoms with Gasteiger partial charge in [0.1, 0.15) is 5.69 Å². The average Bonchev–Trinajstić information content (AvgIpc) is 3.04. The fourth-order valence-electron chi connectivity index (χ4n) is 3.12. The third-order valence-electron chi connectivity index (χ3n) is 4.15. The van der Waals surface area contributed by atoms with Crippen molar-refractivity contribution in [2.75, 3.05) is 6.54 Å². The largest absolute Gasteiger partial charge is 0.477 e. The zero-order valence-corrected chi connectivity index (χ0v) is 12.2. The molecule has 0 radical (unpaired) electrons. The third-order valence-corrected chi connectivity index (χ3v) is 4.15. The van der Waals surface area contributed by atoms with Crippen LogP contribution in [0.15, 0.2) is 18.2 Å². The van der Waals surface area contributed by atoms with Gasteiger partial charge in [0.2, 0.25) is 5.91 Å². The lowest BCUT2D eigenvalue weighted by atomic mass is 10.0. The fourth-order valence-corrected chi connectivity index (χ4v) is 3.12. The van der Waals surface area contributed by atoms with Gasteiger partial charge in [-0.3, -0.25) is 4.79 Å². The Morgan fingerprint density at radius 2 is 2.23 bits per heavy atom. The molecule has 1 saturated heterocycles. The van der Waals surface area contributed by atoms with Gasteiger partial charge in [0, 0.05) is 23.4 Å². The number of H-pyrrole nitrogens is 1. The van der Waals surface area contributed by atoms with E-state index in [2.05, 4.69) is 10.3 Å². The highest BCUT2D eigenvalue weighted by atomic mass is 16.4. The van der Waals surface area contributed by atoms with E-state index in [0.717, 1.165) is 34.9 Å². The highest BCUT2D eigenvalue weighted by molar-refractivity contribution is 5.97. The highest BCUT2D eigenvalue weighted by Gasteiger charge is 2.22. The van der Waals surface area contributed by atoms with Crippen LogP contribution in [-0.2, 0) is 17.6 Å². The third kappa shape index (κ3) is 2.69. The van der Waals surface area contributed by atoms with Crippen molar-refractivity contribution in [3.63, 3.8) is 0 Å². The molecule has 1 atom stereocenters. The predicted octanol–water partition coefficient (Wildman–Crippen LogP) is 1.19. The number of aromatic nitrogens is 1. The van der Waals surface area contributed by atoms with Gasteiger partial charge in [-0.2, -0.15) is 0 Å². The summed E-state index contributed by atoms with van der Waals surface area (Å²) >= 11 is 0. The Morgan fingerprint density at radius 3 is 2.86 bits per heavy atom. The molecule has 1 fully saturated rings. The lowest BCUT2D eigenvalue weighted by molar-refractivity contribution is -0.119. The maximum atomic E-state index is 11.3. The summed E-state index contributed by atoms with van der Waals surface area (Å²) in [6.45, 7) is 0.399. The van der Waals surface area contributed by atoms with E-state index in [9.17, 15) is 14.7 Å². The van der Waals surface area contributed by atoms with E-state index < -0.39 is 5.97 Å². The van der Waals surface area contributed by atoms with Crippen molar-refractivity contribution in [3.05, 3.63) is 35.0 Å². The number of aromatic carboxylic acids is 1. The molecule has 6 heteroatoms. The van der Waals surface area contributed by atoms with Gasteiger partial charge in [0.15, 0.2) is 0 Å². The minimum Gasteiger partial charge on any atom is -0.477 e. The number of nitrogens with one attached hydrogen (secondary N) is 2. The van der Waals surface area contributed by atoms with Crippen molar-refractivity contribution in [2.45, 2.75) is 31.7 Å². The maximum Gasteiger partial charge on any atom is 0.352 e. The van der Waals surface area contributed by atoms with Gasteiger partial charge in [0.25, 0.3) is 0 Å². The molecule has 5 N–H and O–H groups in total. The van der Waals surface area contributed by atoms with Crippen LogP contribution in [0.4, 0.5) is 0 Å². The SMILES string of the molecule is NCCc1c(C(=O)O)[nH]c2ccc(CC3CCC(=O)N3)cc12. The van der Waals surface area contributed by atoms with Crippen LogP contribution >= 0.6 is 0 Å². The first-order valence-electron chi connectivity index (χ1n) is 7.44. The number of aromatic amines is 1. The van der Waals surface area contributed by atoms with Gasteiger partial charge in [-0.1, -0.05) is 6.07 Å². The quantitative estimate of drug-likeness (QED) is 0.665. The first-order valence-corrected chi connectivity index (χ1v) is 7.44. The molecule has 1 unspecified atom stereocenters. The van der Waals surface area contributed by atoms with Gasteiger partial charge in [0.05, 0.1) is 0 Å². The van der Waals surface area contributed by atoms with Gasteiger partial charge in [-0.05, 0) is 49.1 Å². The molecule has 1 aliphatic rings. The summed E-state index contributed by atoms with van der Waals surface area (Å²) in [4.78, 5) is 25.6. The second-order valence-electron chi connectivity index (χ2n) is 5.71.